The third-order valence-corrected chi connectivity index (χ3v) is 4.34. The summed E-state index contributed by atoms with van der Waals surface area (Å²) < 4.78 is 22.4. The molecule has 0 aliphatic carbocycles. The first-order valence-corrected chi connectivity index (χ1v) is 6.83. The maximum atomic E-state index is 11.2. The van der Waals surface area contributed by atoms with Crippen molar-refractivity contribution in [3.8, 4) is 6.07 Å². The fraction of sp³-hybridized carbons (Fsp3) is 0.889. The van der Waals surface area contributed by atoms with Gasteiger partial charge in [-0.15, -0.1) is 0 Å². The van der Waals surface area contributed by atoms with Gasteiger partial charge < -0.3 is 5.11 Å². The number of aliphatic hydroxyl groups excluding tert-OH is 1. The molecular formula is C9H16N2O3S. The zero-order valence-electron chi connectivity index (χ0n) is 8.57. The number of aliphatic hydroxyl groups is 1. The van der Waals surface area contributed by atoms with Crippen molar-refractivity contribution >= 4 is 9.84 Å². The number of rotatable bonds is 4. The summed E-state index contributed by atoms with van der Waals surface area (Å²) in [4.78, 5) is 0. The molecule has 1 rings (SSSR count). The van der Waals surface area contributed by atoms with E-state index in [0.29, 0.717) is 25.8 Å². The van der Waals surface area contributed by atoms with Crippen molar-refractivity contribution in [3.63, 3.8) is 0 Å². The van der Waals surface area contributed by atoms with Gasteiger partial charge in [-0.05, 0) is 25.8 Å². The van der Waals surface area contributed by atoms with Gasteiger partial charge in [0.05, 0.1) is 17.6 Å². The molecule has 0 aromatic carbocycles. The summed E-state index contributed by atoms with van der Waals surface area (Å²) in [5.41, 5.74) is -0.708. The lowest BCUT2D eigenvalue weighted by Gasteiger charge is -2.31. The molecule has 5 nitrogen and oxygen atoms in total. The average molecular weight is 232 g/mol. The SMILES string of the molecule is N#CC1(NCCCO)CCS(=O)(=O)CC1. The first-order valence-electron chi connectivity index (χ1n) is 5.01. The molecule has 0 unspecified atom stereocenters. The van der Waals surface area contributed by atoms with Gasteiger partial charge in [0.2, 0.25) is 0 Å². The third-order valence-electron chi connectivity index (χ3n) is 2.69. The first kappa shape index (κ1) is 12.4. The molecule has 0 saturated carbocycles. The van der Waals surface area contributed by atoms with Crippen molar-refractivity contribution in [1.82, 2.24) is 5.32 Å². The number of nitrogens with one attached hydrogen (secondary N) is 1. The highest BCUT2D eigenvalue weighted by atomic mass is 32.2. The Morgan fingerprint density at radius 1 is 1.40 bits per heavy atom. The molecular weight excluding hydrogens is 216 g/mol. The molecule has 2 N–H and O–H groups in total. The van der Waals surface area contributed by atoms with Crippen LogP contribution < -0.4 is 5.32 Å². The predicted molar refractivity (Wildman–Crippen MR) is 55.9 cm³/mol. The van der Waals surface area contributed by atoms with Crippen LogP contribution in [0.3, 0.4) is 0 Å². The Bertz CT molecular complexity index is 331. The molecule has 0 atom stereocenters. The Morgan fingerprint density at radius 2 is 2.00 bits per heavy atom. The Morgan fingerprint density at radius 3 is 2.47 bits per heavy atom. The van der Waals surface area contributed by atoms with E-state index < -0.39 is 15.4 Å². The van der Waals surface area contributed by atoms with Gasteiger partial charge >= 0.3 is 0 Å². The van der Waals surface area contributed by atoms with Crippen LogP contribution in [0.5, 0.6) is 0 Å². The van der Waals surface area contributed by atoms with E-state index in [-0.39, 0.29) is 18.1 Å². The van der Waals surface area contributed by atoms with Crippen molar-refractivity contribution in [2.24, 2.45) is 0 Å². The van der Waals surface area contributed by atoms with Gasteiger partial charge in [0.1, 0.15) is 5.54 Å². The topological polar surface area (TPSA) is 90.2 Å². The summed E-state index contributed by atoms with van der Waals surface area (Å²) in [7, 11) is -2.93. The van der Waals surface area contributed by atoms with Crippen LogP contribution in [-0.4, -0.2) is 43.7 Å². The van der Waals surface area contributed by atoms with Crippen molar-refractivity contribution in [2.75, 3.05) is 24.7 Å². The van der Waals surface area contributed by atoms with Crippen molar-refractivity contribution in [3.05, 3.63) is 0 Å². The molecule has 1 fully saturated rings. The molecule has 15 heavy (non-hydrogen) atoms. The maximum Gasteiger partial charge on any atom is 0.150 e. The second kappa shape index (κ2) is 4.92. The summed E-state index contributed by atoms with van der Waals surface area (Å²) in [6.07, 6.45) is 1.27. The highest BCUT2D eigenvalue weighted by molar-refractivity contribution is 7.91. The predicted octanol–water partition coefficient (Wildman–Crippen LogP) is -0.571. The maximum absolute atomic E-state index is 11.2. The Kier molecular flexibility index (Phi) is 4.08. The number of nitrogens with zero attached hydrogens (tertiary/aromatic N) is 1. The molecule has 0 aromatic heterocycles. The lowest BCUT2D eigenvalue weighted by Crippen LogP contribution is -2.50. The number of nitriles is 1. The minimum Gasteiger partial charge on any atom is -0.396 e. The van der Waals surface area contributed by atoms with Crippen molar-refractivity contribution in [1.29, 1.82) is 5.26 Å². The fourth-order valence-corrected chi connectivity index (χ4v) is 3.14. The quantitative estimate of drug-likeness (QED) is 0.633. The van der Waals surface area contributed by atoms with Crippen LogP contribution in [-0.2, 0) is 9.84 Å². The van der Waals surface area contributed by atoms with Gasteiger partial charge in [0.15, 0.2) is 9.84 Å². The molecule has 0 amide bonds. The minimum absolute atomic E-state index is 0.0761. The second-order valence-corrected chi connectivity index (χ2v) is 6.15. The summed E-state index contributed by atoms with van der Waals surface area (Å²) in [5, 5.41) is 20.7. The van der Waals surface area contributed by atoms with E-state index >= 15 is 0 Å². The zero-order valence-corrected chi connectivity index (χ0v) is 9.39. The van der Waals surface area contributed by atoms with E-state index in [1.165, 1.54) is 0 Å². The van der Waals surface area contributed by atoms with Gasteiger partial charge in [-0.3, -0.25) is 5.32 Å². The molecule has 86 valence electrons. The molecule has 0 radical (unpaired) electrons. The molecule has 1 saturated heterocycles. The van der Waals surface area contributed by atoms with Crippen molar-refractivity contribution in [2.45, 2.75) is 24.8 Å². The summed E-state index contributed by atoms with van der Waals surface area (Å²) in [5.74, 6) is 0.152. The lowest BCUT2D eigenvalue weighted by atomic mass is 9.94. The number of hydrogen-bond acceptors (Lipinski definition) is 5. The van der Waals surface area contributed by atoms with Crippen LogP contribution in [0.1, 0.15) is 19.3 Å². The van der Waals surface area contributed by atoms with Gasteiger partial charge in [-0.2, -0.15) is 5.26 Å². The van der Waals surface area contributed by atoms with E-state index in [2.05, 4.69) is 11.4 Å². The van der Waals surface area contributed by atoms with Gasteiger partial charge in [-0.25, -0.2) is 8.42 Å². The van der Waals surface area contributed by atoms with Crippen LogP contribution in [0, 0.1) is 11.3 Å². The molecule has 1 aliphatic heterocycles. The number of sulfone groups is 1. The second-order valence-electron chi connectivity index (χ2n) is 3.85. The largest absolute Gasteiger partial charge is 0.396 e. The normalized spacial score (nSPS) is 23.2. The van der Waals surface area contributed by atoms with Crippen LogP contribution >= 0.6 is 0 Å². The molecule has 6 heteroatoms. The van der Waals surface area contributed by atoms with E-state index in [4.69, 9.17) is 10.4 Å². The van der Waals surface area contributed by atoms with Gasteiger partial charge in [0.25, 0.3) is 0 Å². The molecule has 0 aromatic rings. The minimum atomic E-state index is -2.93. The number of hydrogen-bond donors (Lipinski definition) is 2. The third kappa shape index (κ3) is 3.45. The fourth-order valence-electron chi connectivity index (χ4n) is 1.62. The standard InChI is InChI=1S/C9H16N2O3S/c10-8-9(11-4-1-5-12)2-6-15(13,14)7-3-9/h11-12H,1-7H2. The summed E-state index contributed by atoms with van der Waals surface area (Å²) in [6, 6.07) is 2.16. The van der Waals surface area contributed by atoms with Crippen LogP contribution in [0.25, 0.3) is 0 Å². The van der Waals surface area contributed by atoms with Gasteiger partial charge in [-0.1, -0.05) is 0 Å². The summed E-state index contributed by atoms with van der Waals surface area (Å²) in [6.45, 7) is 0.622. The Labute approximate surface area is 90.0 Å². The van der Waals surface area contributed by atoms with E-state index in [1.54, 1.807) is 0 Å². The molecule has 0 bridgehead atoms. The highest BCUT2D eigenvalue weighted by Gasteiger charge is 2.36. The lowest BCUT2D eigenvalue weighted by molar-refractivity contribution is 0.274. The van der Waals surface area contributed by atoms with E-state index in [0.717, 1.165) is 0 Å². The van der Waals surface area contributed by atoms with Crippen LogP contribution in [0.15, 0.2) is 0 Å². The zero-order chi connectivity index (χ0) is 11.4. The molecule has 1 aliphatic rings. The molecule has 0 spiro atoms. The van der Waals surface area contributed by atoms with Crippen LogP contribution in [0.4, 0.5) is 0 Å². The Balaban J connectivity index is 2.53. The molecule has 1 heterocycles. The summed E-state index contributed by atoms with van der Waals surface area (Å²) >= 11 is 0. The first-order chi connectivity index (χ1) is 7.04. The van der Waals surface area contributed by atoms with Gasteiger partial charge in [0, 0.05) is 6.61 Å². The Hall–Kier alpha value is -0.640. The van der Waals surface area contributed by atoms with E-state index in [1.807, 2.05) is 0 Å². The highest BCUT2D eigenvalue weighted by Crippen LogP contribution is 2.22. The smallest absolute Gasteiger partial charge is 0.150 e. The van der Waals surface area contributed by atoms with Crippen LogP contribution in [0.2, 0.25) is 0 Å². The van der Waals surface area contributed by atoms with E-state index in [9.17, 15) is 8.42 Å². The van der Waals surface area contributed by atoms with Crippen molar-refractivity contribution < 1.29 is 13.5 Å². The average Bonchev–Trinajstić information content (AvgIpc) is 2.22. The monoisotopic (exact) mass is 232 g/mol.